The molecule has 1 amide bonds. The second-order valence-electron chi connectivity index (χ2n) is 5.61. The van der Waals surface area contributed by atoms with Gasteiger partial charge in [-0.2, -0.15) is 0 Å². The van der Waals surface area contributed by atoms with Crippen LogP contribution in [0.15, 0.2) is 24.3 Å². The van der Waals surface area contributed by atoms with Gasteiger partial charge in [-0.25, -0.2) is 0 Å². The lowest BCUT2D eigenvalue weighted by molar-refractivity contribution is -0.122. The molecule has 0 bridgehead atoms. The molecule has 21 heavy (non-hydrogen) atoms. The maximum atomic E-state index is 12.4. The molecule has 1 aliphatic heterocycles. The van der Waals surface area contributed by atoms with Gasteiger partial charge in [0.15, 0.2) is 0 Å². The summed E-state index contributed by atoms with van der Waals surface area (Å²) in [5.74, 6) is 0.0819. The highest BCUT2D eigenvalue weighted by Crippen LogP contribution is 2.23. The number of fused-ring (bicyclic) bond motifs is 1. The van der Waals surface area contributed by atoms with Crippen molar-refractivity contribution in [2.75, 3.05) is 32.7 Å². The number of hydrogen-bond acceptors (Lipinski definition) is 3. The first-order valence-corrected chi connectivity index (χ1v) is 8.04. The summed E-state index contributed by atoms with van der Waals surface area (Å²) in [4.78, 5) is 14.8. The molecule has 4 nitrogen and oxygen atoms in total. The minimum absolute atomic E-state index is 0.0591. The van der Waals surface area contributed by atoms with Gasteiger partial charge in [-0.3, -0.25) is 4.79 Å². The second kappa shape index (κ2) is 8.15. The minimum Gasteiger partial charge on any atom is -0.354 e. The van der Waals surface area contributed by atoms with Crippen LogP contribution in [-0.2, 0) is 11.3 Å². The summed E-state index contributed by atoms with van der Waals surface area (Å²) in [6, 6.07) is 8.23. The van der Waals surface area contributed by atoms with Gasteiger partial charge in [0, 0.05) is 26.2 Å². The standard InChI is InChI=1S/C17H27N3O/c1-3-10-20(4-2)11-9-19-17(21)16-13-18-12-14-7-5-6-8-15(14)16/h5-8,16,18H,3-4,9-13H2,1-2H3,(H,19,21). The largest absolute Gasteiger partial charge is 0.354 e. The van der Waals surface area contributed by atoms with E-state index >= 15 is 0 Å². The number of amides is 1. The number of carbonyl (C=O) groups is 1. The molecule has 1 heterocycles. The van der Waals surface area contributed by atoms with Gasteiger partial charge in [0.1, 0.15) is 0 Å². The van der Waals surface area contributed by atoms with Crippen LogP contribution in [0.3, 0.4) is 0 Å². The molecule has 1 aromatic rings. The maximum absolute atomic E-state index is 12.4. The number of benzene rings is 1. The Hall–Kier alpha value is -1.39. The van der Waals surface area contributed by atoms with Crippen LogP contribution >= 0.6 is 0 Å². The molecule has 4 heteroatoms. The van der Waals surface area contributed by atoms with E-state index in [1.54, 1.807) is 0 Å². The van der Waals surface area contributed by atoms with Gasteiger partial charge in [0.05, 0.1) is 5.92 Å². The molecule has 1 atom stereocenters. The number of likely N-dealkylation sites (N-methyl/N-ethyl adjacent to an activating group) is 1. The summed E-state index contributed by atoms with van der Waals surface area (Å²) >= 11 is 0. The van der Waals surface area contributed by atoms with Crippen molar-refractivity contribution in [1.82, 2.24) is 15.5 Å². The molecule has 0 aromatic heterocycles. The molecule has 0 aliphatic carbocycles. The molecule has 2 N–H and O–H groups in total. The van der Waals surface area contributed by atoms with Gasteiger partial charge in [-0.15, -0.1) is 0 Å². The number of rotatable bonds is 7. The summed E-state index contributed by atoms with van der Waals surface area (Å²) in [7, 11) is 0. The molecule has 2 rings (SSSR count). The average Bonchev–Trinajstić information content (AvgIpc) is 2.53. The zero-order chi connectivity index (χ0) is 15.1. The van der Waals surface area contributed by atoms with Crippen LogP contribution in [0.2, 0.25) is 0 Å². The highest BCUT2D eigenvalue weighted by Gasteiger charge is 2.25. The molecular formula is C17H27N3O. The Morgan fingerprint density at radius 3 is 2.90 bits per heavy atom. The summed E-state index contributed by atoms with van der Waals surface area (Å²) in [5.41, 5.74) is 2.42. The number of hydrogen-bond donors (Lipinski definition) is 2. The highest BCUT2D eigenvalue weighted by molar-refractivity contribution is 5.84. The van der Waals surface area contributed by atoms with Crippen LogP contribution in [0.1, 0.15) is 37.3 Å². The highest BCUT2D eigenvalue weighted by atomic mass is 16.1. The lowest BCUT2D eigenvalue weighted by Gasteiger charge is -2.26. The summed E-state index contributed by atoms with van der Waals surface area (Å²) in [6.45, 7) is 9.74. The van der Waals surface area contributed by atoms with Crippen LogP contribution in [-0.4, -0.2) is 43.5 Å². The molecule has 0 fully saturated rings. The van der Waals surface area contributed by atoms with E-state index in [2.05, 4.69) is 41.5 Å². The molecular weight excluding hydrogens is 262 g/mol. The summed E-state index contributed by atoms with van der Waals surface area (Å²) in [5, 5.41) is 6.43. The quantitative estimate of drug-likeness (QED) is 0.803. The van der Waals surface area contributed by atoms with E-state index in [1.165, 1.54) is 11.1 Å². The molecule has 0 saturated carbocycles. The first kappa shape index (κ1) is 16.0. The van der Waals surface area contributed by atoms with Crippen molar-refractivity contribution in [3.63, 3.8) is 0 Å². The predicted octanol–water partition coefficient (Wildman–Crippen LogP) is 1.72. The van der Waals surface area contributed by atoms with Gasteiger partial charge >= 0.3 is 0 Å². The third kappa shape index (κ3) is 4.29. The summed E-state index contributed by atoms with van der Waals surface area (Å²) < 4.78 is 0. The maximum Gasteiger partial charge on any atom is 0.228 e. The van der Waals surface area contributed by atoms with Crippen LogP contribution in [0.5, 0.6) is 0 Å². The fourth-order valence-electron chi connectivity index (χ4n) is 2.93. The van der Waals surface area contributed by atoms with Crippen molar-refractivity contribution in [2.24, 2.45) is 0 Å². The van der Waals surface area contributed by atoms with E-state index in [1.807, 2.05) is 12.1 Å². The topological polar surface area (TPSA) is 44.4 Å². The van der Waals surface area contributed by atoms with Crippen molar-refractivity contribution in [3.05, 3.63) is 35.4 Å². The number of nitrogens with one attached hydrogen (secondary N) is 2. The van der Waals surface area contributed by atoms with E-state index in [-0.39, 0.29) is 11.8 Å². The third-order valence-electron chi connectivity index (χ3n) is 4.13. The lowest BCUT2D eigenvalue weighted by atomic mass is 9.90. The van der Waals surface area contributed by atoms with E-state index in [0.29, 0.717) is 0 Å². The van der Waals surface area contributed by atoms with Gasteiger partial charge in [0.2, 0.25) is 5.91 Å². The Balaban J connectivity index is 1.87. The van der Waals surface area contributed by atoms with E-state index in [4.69, 9.17) is 0 Å². The third-order valence-corrected chi connectivity index (χ3v) is 4.13. The van der Waals surface area contributed by atoms with Gasteiger partial charge in [-0.1, -0.05) is 38.1 Å². The molecule has 0 saturated heterocycles. The Labute approximate surface area is 127 Å². The van der Waals surface area contributed by atoms with Gasteiger partial charge < -0.3 is 15.5 Å². The second-order valence-corrected chi connectivity index (χ2v) is 5.61. The van der Waals surface area contributed by atoms with Crippen LogP contribution in [0.25, 0.3) is 0 Å². The van der Waals surface area contributed by atoms with Gasteiger partial charge in [-0.05, 0) is 30.6 Å². The van der Waals surface area contributed by atoms with Crippen molar-refractivity contribution < 1.29 is 4.79 Å². The molecule has 0 radical (unpaired) electrons. The van der Waals surface area contributed by atoms with E-state index in [0.717, 1.165) is 45.7 Å². The van der Waals surface area contributed by atoms with Gasteiger partial charge in [0.25, 0.3) is 0 Å². The first-order chi connectivity index (χ1) is 10.3. The molecule has 0 spiro atoms. The number of carbonyl (C=O) groups excluding carboxylic acids is 1. The van der Waals surface area contributed by atoms with Crippen molar-refractivity contribution in [3.8, 4) is 0 Å². The molecule has 116 valence electrons. The Bertz CT molecular complexity index is 461. The van der Waals surface area contributed by atoms with E-state index < -0.39 is 0 Å². The lowest BCUT2D eigenvalue weighted by Crippen LogP contribution is -2.41. The summed E-state index contributed by atoms with van der Waals surface area (Å²) in [6.07, 6.45) is 1.15. The fraction of sp³-hybridized carbons (Fsp3) is 0.588. The normalized spacial score (nSPS) is 17.6. The van der Waals surface area contributed by atoms with Crippen molar-refractivity contribution in [2.45, 2.75) is 32.7 Å². The van der Waals surface area contributed by atoms with Crippen molar-refractivity contribution in [1.29, 1.82) is 0 Å². The van der Waals surface area contributed by atoms with Crippen LogP contribution < -0.4 is 10.6 Å². The number of nitrogens with zero attached hydrogens (tertiary/aromatic N) is 1. The van der Waals surface area contributed by atoms with Crippen LogP contribution in [0.4, 0.5) is 0 Å². The van der Waals surface area contributed by atoms with Crippen molar-refractivity contribution >= 4 is 5.91 Å². The Morgan fingerprint density at radius 1 is 1.33 bits per heavy atom. The molecule has 1 unspecified atom stereocenters. The average molecular weight is 289 g/mol. The molecule has 1 aliphatic rings. The minimum atomic E-state index is -0.0591. The smallest absolute Gasteiger partial charge is 0.228 e. The molecule has 1 aromatic carbocycles. The Morgan fingerprint density at radius 2 is 2.14 bits per heavy atom. The first-order valence-electron chi connectivity index (χ1n) is 8.04. The predicted molar refractivity (Wildman–Crippen MR) is 86.3 cm³/mol. The fourth-order valence-corrected chi connectivity index (χ4v) is 2.93. The Kier molecular flexibility index (Phi) is 6.21. The SMILES string of the molecule is CCCN(CC)CCNC(=O)C1CNCc2ccccc21. The zero-order valence-electron chi connectivity index (χ0n) is 13.2. The van der Waals surface area contributed by atoms with Crippen LogP contribution in [0, 0.1) is 0 Å². The monoisotopic (exact) mass is 289 g/mol. The zero-order valence-corrected chi connectivity index (χ0v) is 13.2. The van der Waals surface area contributed by atoms with E-state index in [9.17, 15) is 4.79 Å².